The first-order valence-corrected chi connectivity index (χ1v) is 13.2. The molecular formula is C23H37N3O5S. The molecule has 32 heavy (non-hydrogen) atoms. The summed E-state index contributed by atoms with van der Waals surface area (Å²) in [6.45, 7) is 4.00. The zero-order valence-corrected chi connectivity index (χ0v) is 19.8. The molecule has 0 unspecified atom stereocenters. The van der Waals surface area contributed by atoms with Crippen molar-refractivity contribution in [2.45, 2.75) is 74.9 Å². The van der Waals surface area contributed by atoms with Crippen molar-refractivity contribution in [2.24, 2.45) is 0 Å². The number of unbranched alkanes of at least 4 members (excludes halogenated alkanes) is 5. The normalized spacial score (nSPS) is 14.8. The Hall–Kier alpha value is -2.29. The first-order chi connectivity index (χ1) is 15.3. The number of benzene rings is 1. The van der Waals surface area contributed by atoms with Gasteiger partial charge in [-0.25, -0.2) is 18.0 Å². The molecule has 8 nitrogen and oxygen atoms in total. The van der Waals surface area contributed by atoms with Crippen LogP contribution in [-0.4, -0.2) is 62.0 Å². The van der Waals surface area contributed by atoms with Gasteiger partial charge in [0, 0.05) is 26.2 Å². The predicted octanol–water partition coefficient (Wildman–Crippen LogP) is 3.80. The van der Waals surface area contributed by atoms with Gasteiger partial charge in [0.15, 0.2) is 9.84 Å². The second kappa shape index (κ2) is 13.3. The molecule has 1 aliphatic heterocycles. The standard InChI is InChI=1S/C23H37N3O5S/c1-2-3-4-5-6-7-15-24-22(27)26-17-13-21(14-18-26)32(30,31)20-10-8-19(9-11-20)12-16-25-23(28)29/h8-11,21,25H,2-7,12-18H2,1H3,(H,24,27)(H,28,29). The summed E-state index contributed by atoms with van der Waals surface area (Å²) in [6.07, 6.45) is 7.31. The molecular weight excluding hydrogens is 430 g/mol. The van der Waals surface area contributed by atoms with Gasteiger partial charge >= 0.3 is 12.1 Å². The molecule has 180 valence electrons. The molecule has 1 aliphatic rings. The first kappa shape index (κ1) is 26.0. The number of hydrogen-bond acceptors (Lipinski definition) is 4. The van der Waals surface area contributed by atoms with E-state index in [1.165, 1.54) is 25.7 Å². The third-order valence-electron chi connectivity index (χ3n) is 5.92. The van der Waals surface area contributed by atoms with Crippen LogP contribution in [0, 0.1) is 0 Å². The number of sulfone groups is 1. The van der Waals surface area contributed by atoms with Crippen molar-refractivity contribution >= 4 is 22.0 Å². The lowest BCUT2D eigenvalue weighted by Gasteiger charge is -2.31. The zero-order valence-electron chi connectivity index (χ0n) is 19.0. The highest BCUT2D eigenvalue weighted by Crippen LogP contribution is 2.25. The Kier molecular flexibility index (Phi) is 10.8. The van der Waals surface area contributed by atoms with Gasteiger partial charge in [-0.05, 0) is 43.4 Å². The quantitative estimate of drug-likeness (QED) is 0.404. The Bertz CT molecular complexity index is 819. The van der Waals surface area contributed by atoms with Crippen LogP contribution in [-0.2, 0) is 16.3 Å². The number of nitrogens with one attached hydrogen (secondary N) is 2. The molecule has 1 fully saturated rings. The number of likely N-dealkylation sites (tertiary alicyclic amines) is 1. The van der Waals surface area contributed by atoms with Crippen LogP contribution in [0.3, 0.4) is 0 Å². The van der Waals surface area contributed by atoms with Gasteiger partial charge in [0.1, 0.15) is 0 Å². The lowest BCUT2D eigenvalue weighted by molar-refractivity contribution is 0.186. The van der Waals surface area contributed by atoms with E-state index in [9.17, 15) is 18.0 Å². The van der Waals surface area contributed by atoms with Gasteiger partial charge in [0.25, 0.3) is 0 Å². The van der Waals surface area contributed by atoms with E-state index in [1.807, 2.05) is 0 Å². The molecule has 0 saturated carbocycles. The van der Waals surface area contributed by atoms with Gasteiger partial charge in [0.2, 0.25) is 0 Å². The predicted molar refractivity (Wildman–Crippen MR) is 125 cm³/mol. The maximum absolute atomic E-state index is 13.0. The van der Waals surface area contributed by atoms with Crippen LogP contribution in [0.2, 0.25) is 0 Å². The Morgan fingerprint density at radius 3 is 2.22 bits per heavy atom. The summed E-state index contributed by atoms with van der Waals surface area (Å²) in [5.74, 6) is 0. The van der Waals surface area contributed by atoms with E-state index in [0.717, 1.165) is 18.4 Å². The Morgan fingerprint density at radius 1 is 0.969 bits per heavy atom. The smallest absolute Gasteiger partial charge is 0.404 e. The van der Waals surface area contributed by atoms with Crippen molar-refractivity contribution in [3.05, 3.63) is 29.8 Å². The third kappa shape index (κ3) is 8.33. The summed E-state index contributed by atoms with van der Waals surface area (Å²) in [7, 11) is -3.46. The summed E-state index contributed by atoms with van der Waals surface area (Å²) in [5.41, 5.74) is 0.870. The molecule has 1 saturated heterocycles. The molecule has 3 N–H and O–H groups in total. The lowest BCUT2D eigenvalue weighted by atomic mass is 10.1. The molecule has 0 aromatic heterocycles. The summed E-state index contributed by atoms with van der Waals surface area (Å²) < 4.78 is 26.0. The van der Waals surface area contributed by atoms with Gasteiger partial charge < -0.3 is 20.6 Å². The van der Waals surface area contributed by atoms with Gasteiger partial charge in [-0.2, -0.15) is 0 Å². The highest BCUT2D eigenvalue weighted by atomic mass is 32.2. The largest absolute Gasteiger partial charge is 0.465 e. The number of piperidine rings is 1. The van der Waals surface area contributed by atoms with Crippen molar-refractivity contribution in [2.75, 3.05) is 26.2 Å². The van der Waals surface area contributed by atoms with Gasteiger partial charge in [-0.1, -0.05) is 51.2 Å². The van der Waals surface area contributed by atoms with Crippen molar-refractivity contribution in [1.82, 2.24) is 15.5 Å². The molecule has 1 aromatic carbocycles. The van der Waals surface area contributed by atoms with Crippen molar-refractivity contribution in [3.8, 4) is 0 Å². The molecule has 2 rings (SSSR count). The third-order valence-corrected chi connectivity index (χ3v) is 8.19. The van der Waals surface area contributed by atoms with Crippen LogP contribution in [0.5, 0.6) is 0 Å². The molecule has 3 amide bonds. The summed E-state index contributed by atoms with van der Waals surface area (Å²) in [4.78, 5) is 24.8. The molecule has 0 bridgehead atoms. The van der Waals surface area contributed by atoms with E-state index in [2.05, 4.69) is 17.6 Å². The van der Waals surface area contributed by atoms with E-state index in [-0.39, 0.29) is 17.5 Å². The molecule has 0 aliphatic carbocycles. The summed E-state index contributed by atoms with van der Waals surface area (Å²) in [6, 6.07) is 6.52. The van der Waals surface area contributed by atoms with Crippen molar-refractivity contribution < 1.29 is 23.1 Å². The van der Waals surface area contributed by atoms with E-state index in [4.69, 9.17) is 5.11 Å². The number of hydrogen-bond donors (Lipinski definition) is 3. The SMILES string of the molecule is CCCCCCCCNC(=O)N1CCC(S(=O)(=O)c2ccc(CCNC(=O)O)cc2)CC1. The fraction of sp³-hybridized carbons (Fsp3) is 0.652. The second-order valence-corrected chi connectivity index (χ2v) is 10.6. The monoisotopic (exact) mass is 467 g/mol. The molecule has 0 atom stereocenters. The Morgan fingerprint density at radius 2 is 1.59 bits per heavy atom. The molecule has 9 heteroatoms. The number of carbonyl (C=O) groups is 2. The second-order valence-electron chi connectivity index (χ2n) is 8.36. The number of urea groups is 1. The van der Waals surface area contributed by atoms with Gasteiger partial charge in [0.05, 0.1) is 10.1 Å². The van der Waals surface area contributed by atoms with Crippen LogP contribution in [0.4, 0.5) is 9.59 Å². The van der Waals surface area contributed by atoms with Crippen molar-refractivity contribution in [1.29, 1.82) is 0 Å². The van der Waals surface area contributed by atoms with Crippen molar-refractivity contribution in [3.63, 3.8) is 0 Å². The highest BCUT2D eigenvalue weighted by Gasteiger charge is 2.32. The highest BCUT2D eigenvalue weighted by molar-refractivity contribution is 7.92. The molecule has 1 aromatic rings. The lowest BCUT2D eigenvalue weighted by Crippen LogP contribution is -2.47. The number of rotatable bonds is 12. The van der Waals surface area contributed by atoms with Crippen LogP contribution in [0.25, 0.3) is 0 Å². The maximum atomic E-state index is 13.0. The zero-order chi connectivity index (χ0) is 23.4. The van der Waals surface area contributed by atoms with E-state index >= 15 is 0 Å². The van der Waals surface area contributed by atoms with Gasteiger partial charge in [-0.15, -0.1) is 0 Å². The summed E-state index contributed by atoms with van der Waals surface area (Å²) in [5, 5.41) is 13.4. The van der Waals surface area contributed by atoms with E-state index in [1.54, 1.807) is 29.2 Å². The first-order valence-electron chi connectivity index (χ1n) is 11.7. The topological polar surface area (TPSA) is 116 Å². The minimum atomic E-state index is -3.46. The average Bonchev–Trinajstić information content (AvgIpc) is 2.78. The minimum absolute atomic E-state index is 0.103. The Labute approximate surface area is 191 Å². The van der Waals surface area contributed by atoms with Crippen LogP contribution in [0.15, 0.2) is 29.2 Å². The fourth-order valence-corrected chi connectivity index (χ4v) is 5.67. The Balaban J connectivity index is 1.75. The van der Waals surface area contributed by atoms with Crippen LogP contribution >= 0.6 is 0 Å². The fourth-order valence-electron chi connectivity index (χ4n) is 3.93. The maximum Gasteiger partial charge on any atom is 0.404 e. The van der Waals surface area contributed by atoms with Crippen LogP contribution < -0.4 is 10.6 Å². The molecule has 0 radical (unpaired) electrons. The van der Waals surface area contributed by atoms with Gasteiger partial charge in [-0.3, -0.25) is 0 Å². The number of amides is 3. The van der Waals surface area contributed by atoms with Crippen LogP contribution in [0.1, 0.15) is 63.9 Å². The summed E-state index contributed by atoms with van der Waals surface area (Å²) >= 11 is 0. The molecule has 0 spiro atoms. The number of nitrogens with zero attached hydrogens (tertiary/aromatic N) is 1. The number of carboxylic acid groups (broad SMARTS) is 1. The minimum Gasteiger partial charge on any atom is -0.465 e. The average molecular weight is 468 g/mol. The van der Waals surface area contributed by atoms with E-state index < -0.39 is 21.2 Å². The van der Waals surface area contributed by atoms with E-state index in [0.29, 0.717) is 38.9 Å². The molecule has 1 heterocycles. The number of carbonyl (C=O) groups excluding carboxylic acids is 1.